The highest BCUT2D eigenvalue weighted by Gasteiger charge is 2.45. The number of rotatable bonds is 2. The van der Waals surface area contributed by atoms with Gasteiger partial charge in [0.15, 0.2) is 0 Å². The van der Waals surface area contributed by atoms with Gasteiger partial charge >= 0.3 is 0 Å². The molecule has 2 unspecified atom stereocenters. The maximum atomic E-state index is 12.4. The second kappa shape index (κ2) is 5.77. The lowest BCUT2D eigenvalue weighted by Crippen LogP contribution is -2.51. The molecule has 1 aliphatic carbocycles. The zero-order valence-electron chi connectivity index (χ0n) is 13.9. The summed E-state index contributed by atoms with van der Waals surface area (Å²) in [5.74, 6) is 2.20. The van der Waals surface area contributed by atoms with Gasteiger partial charge in [-0.3, -0.25) is 4.79 Å². The zero-order chi connectivity index (χ0) is 15.9. The van der Waals surface area contributed by atoms with Crippen molar-refractivity contribution in [2.24, 2.45) is 17.3 Å². The van der Waals surface area contributed by atoms with Gasteiger partial charge in [-0.2, -0.15) is 0 Å². The maximum Gasteiger partial charge on any atom is 0.225 e. The van der Waals surface area contributed by atoms with Crippen molar-refractivity contribution >= 4 is 11.9 Å². The molecule has 124 valence electrons. The summed E-state index contributed by atoms with van der Waals surface area (Å²) in [4.78, 5) is 25.7. The van der Waals surface area contributed by atoms with E-state index in [1.54, 1.807) is 0 Å². The van der Waals surface area contributed by atoms with Crippen molar-refractivity contribution in [1.29, 1.82) is 0 Å². The Morgan fingerprint density at radius 2 is 1.87 bits per heavy atom. The van der Waals surface area contributed by atoms with Gasteiger partial charge in [0.05, 0.1) is 0 Å². The van der Waals surface area contributed by atoms with Crippen LogP contribution in [0.3, 0.4) is 0 Å². The summed E-state index contributed by atoms with van der Waals surface area (Å²) in [6.45, 7) is 6.15. The predicted octanol–water partition coefficient (Wildman–Crippen LogP) is 2.34. The number of anilines is 1. The Kier molecular flexibility index (Phi) is 3.74. The minimum atomic E-state index is 0.324. The van der Waals surface area contributed by atoms with E-state index < -0.39 is 0 Å². The van der Waals surface area contributed by atoms with Crippen LogP contribution in [-0.4, -0.2) is 47.0 Å². The van der Waals surface area contributed by atoms with Crippen molar-refractivity contribution in [2.75, 3.05) is 31.1 Å². The van der Waals surface area contributed by atoms with E-state index in [0.29, 0.717) is 23.2 Å². The Morgan fingerprint density at radius 3 is 2.52 bits per heavy atom. The van der Waals surface area contributed by atoms with Gasteiger partial charge in [-0.05, 0) is 49.5 Å². The summed E-state index contributed by atoms with van der Waals surface area (Å²) in [6.07, 6.45) is 9.47. The van der Waals surface area contributed by atoms with Gasteiger partial charge in [-0.15, -0.1) is 0 Å². The van der Waals surface area contributed by atoms with Gasteiger partial charge in [-0.1, -0.05) is 6.92 Å². The number of aromatic nitrogens is 2. The van der Waals surface area contributed by atoms with Crippen molar-refractivity contribution in [3.05, 3.63) is 18.5 Å². The van der Waals surface area contributed by atoms with Crippen LogP contribution in [0.5, 0.6) is 0 Å². The van der Waals surface area contributed by atoms with Gasteiger partial charge in [0, 0.05) is 44.5 Å². The number of hydrogen-bond donors (Lipinski definition) is 0. The zero-order valence-corrected chi connectivity index (χ0v) is 13.9. The number of carbonyl (C=O) groups is 1. The van der Waals surface area contributed by atoms with E-state index in [-0.39, 0.29) is 0 Å². The average molecular weight is 314 g/mol. The molecule has 2 atom stereocenters. The van der Waals surface area contributed by atoms with Crippen LogP contribution in [0.4, 0.5) is 5.95 Å². The second-order valence-corrected chi connectivity index (χ2v) is 7.72. The quantitative estimate of drug-likeness (QED) is 0.841. The molecule has 1 amide bonds. The fourth-order valence-corrected chi connectivity index (χ4v) is 4.34. The fraction of sp³-hybridized carbons (Fsp3) is 0.722. The standard InChI is InChI=1S/C18H26N4O/c1-14-12-15(14)16(23)21-10-5-18(6-11-21)4-2-9-22(13-18)17-19-7-3-8-20-17/h3,7-8,14-15H,2,4-6,9-13H2,1H3. The molecule has 23 heavy (non-hydrogen) atoms. The van der Waals surface area contributed by atoms with Gasteiger partial charge < -0.3 is 9.80 Å². The van der Waals surface area contributed by atoms with Crippen LogP contribution in [0.2, 0.25) is 0 Å². The summed E-state index contributed by atoms with van der Waals surface area (Å²) in [5.41, 5.74) is 0.351. The van der Waals surface area contributed by atoms with Crippen molar-refractivity contribution in [3.8, 4) is 0 Å². The Bertz CT molecular complexity index is 568. The molecule has 2 aliphatic heterocycles. The Morgan fingerprint density at radius 1 is 1.17 bits per heavy atom. The highest BCUT2D eigenvalue weighted by molar-refractivity contribution is 5.81. The Hall–Kier alpha value is -1.65. The van der Waals surface area contributed by atoms with E-state index in [2.05, 4.69) is 26.7 Å². The SMILES string of the molecule is CC1CC1C(=O)N1CCC2(CCCN(c3ncccn3)C2)CC1. The van der Waals surface area contributed by atoms with Crippen LogP contribution in [0.15, 0.2) is 18.5 Å². The molecule has 1 saturated carbocycles. The molecular weight excluding hydrogens is 288 g/mol. The molecule has 3 aliphatic rings. The molecule has 3 heterocycles. The smallest absolute Gasteiger partial charge is 0.225 e. The Balaban J connectivity index is 1.39. The minimum Gasteiger partial charge on any atom is -0.342 e. The normalized spacial score (nSPS) is 29.6. The second-order valence-electron chi connectivity index (χ2n) is 7.72. The van der Waals surface area contributed by atoms with Crippen LogP contribution in [0, 0.1) is 17.3 Å². The molecule has 4 rings (SSSR count). The number of hydrogen-bond acceptors (Lipinski definition) is 4. The number of carbonyl (C=O) groups excluding carboxylic acids is 1. The van der Waals surface area contributed by atoms with Crippen molar-refractivity contribution in [2.45, 2.75) is 39.0 Å². The molecule has 0 N–H and O–H groups in total. The average Bonchev–Trinajstić information content (AvgIpc) is 3.33. The molecule has 5 heteroatoms. The van der Waals surface area contributed by atoms with Gasteiger partial charge in [0.2, 0.25) is 11.9 Å². The third-order valence-corrected chi connectivity index (χ3v) is 6.06. The van der Waals surface area contributed by atoms with Gasteiger partial charge in [-0.25, -0.2) is 9.97 Å². The molecule has 3 fully saturated rings. The lowest BCUT2D eigenvalue weighted by Gasteiger charge is -2.47. The lowest BCUT2D eigenvalue weighted by molar-refractivity contribution is -0.135. The van der Waals surface area contributed by atoms with Crippen molar-refractivity contribution in [3.63, 3.8) is 0 Å². The first-order valence-electron chi connectivity index (χ1n) is 8.98. The number of piperidine rings is 2. The summed E-state index contributed by atoms with van der Waals surface area (Å²) >= 11 is 0. The van der Waals surface area contributed by atoms with Crippen LogP contribution in [-0.2, 0) is 4.79 Å². The van der Waals surface area contributed by atoms with Crippen LogP contribution < -0.4 is 4.90 Å². The van der Waals surface area contributed by atoms with E-state index in [1.165, 1.54) is 12.8 Å². The summed E-state index contributed by atoms with van der Waals surface area (Å²) in [6, 6.07) is 1.87. The van der Waals surface area contributed by atoms with E-state index in [9.17, 15) is 4.79 Å². The number of likely N-dealkylation sites (tertiary alicyclic amines) is 1. The summed E-state index contributed by atoms with van der Waals surface area (Å²) in [7, 11) is 0. The molecule has 0 radical (unpaired) electrons. The summed E-state index contributed by atoms with van der Waals surface area (Å²) < 4.78 is 0. The van der Waals surface area contributed by atoms with Crippen LogP contribution >= 0.6 is 0 Å². The van der Waals surface area contributed by atoms with E-state index in [1.807, 2.05) is 18.5 Å². The monoisotopic (exact) mass is 314 g/mol. The van der Waals surface area contributed by atoms with E-state index in [0.717, 1.165) is 51.4 Å². The molecule has 1 aromatic heterocycles. The molecular formula is C18H26N4O. The van der Waals surface area contributed by atoms with Crippen LogP contribution in [0.1, 0.15) is 39.0 Å². The molecule has 5 nitrogen and oxygen atoms in total. The third kappa shape index (κ3) is 2.93. The van der Waals surface area contributed by atoms with Gasteiger partial charge in [0.25, 0.3) is 0 Å². The first kappa shape index (κ1) is 14.9. The Labute approximate surface area is 138 Å². The fourth-order valence-electron chi connectivity index (χ4n) is 4.34. The van der Waals surface area contributed by atoms with Crippen LogP contribution in [0.25, 0.3) is 0 Å². The molecule has 1 aromatic rings. The minimum absolute atomic E-state index is 0.324. The third-order valence-electron chi connectivity index (χ3n) is 6.06. The van der Waals surface area contributed by atoms with Gasteiger partial charge in [0.1, 0.15) is 0 Å². The topological polar surface area (TPSA) is 49.3 Å². The van der Waals surface area contributed by atoms with E-state index >= 15 is 0 Å². The van der Waals surface area contributed by atoms with Crippen molar-refractivity contribution in [1.82, 2.24) is 14.9 Å². The van der Waals surface area contributed by atoms with Crippen molar-refractivity contribution < 1.29 is 4.79 Å². The number of amides is 1. The first-order chi connectivity index (χ1) is 11.2. The summed E-state index contributed by atoms with van der Waals surface area (Å²) in [5, 5.41) is 0. The predicted molar refractivity (Wildman–Crippen MR) is 89.0 cm³/mol. The highest BCUT2D eigenvalue weighted by atomic mass is 16.2. The largest absolute Gasteiger partial charge is 0.342 e. The highest BCUT2D eigenvalue weighted by Crippen LogP contribution is 2.43. The molecule has 0 bridgehead atoms. The number of nitrogens with zero attached hydrogens (tertiary/aromatic N) is 4. The molecule has 1 spiro atoms. The molecule has 2 saturated heterocycles. The molecule has 0 aromatic carbocycles. The van der Waals surface area contributed by atoms with E-state index in [4.69, 9.17) is 0 Å². The first-order valence-corrected chi connectivity index (χ1v) is 8.98. The lowest BCUT2D eigenvalue weighted by atomic mass is 9.72. The maximum absolute atomic E-state index is 12.4.